The van der Waals surface area contributed by atoms with Gasteiger partial charge in [-0.3, -0.25) is 14.4 Å². The summed E-state index contributed by atoms with van der Waals surface area (Å²) in [4.78, 5) is 38.1. The van der Waals surface area contributed by atoms with Crippen LogP contribution in [0.5, 0.6) is 0 Å². The molecule has 0 radical (unpaired) electrons. The van der Waals surface area contributed by atoms with E-state index in [9.17, 15) is 14.4 Å². The first kappa shape index (κ1) is 65.1. The van der Waals surface area contributed by atoms with Crippen molar-refractivity contribution in [1.29, 1.82) is 0 Å². The predicted octanol–water partition coefficient (Wildman–Crippen LogP) is 19.6. The molecule has 0 aromatic carbocycles. The van der Waals surface area contributed by atoms with Crippen molar-refractivity contribution in [3.05, 3.63) is 60.8 Å². The summed E-state index contributed by atoms with van der Waals surface area (Å²) in [6, 6.07) is 0. The molecule has 0 aromatic rings. The van der Waals surface area contributed by atoms with Gasteiger partial charge in [0, 0.05) is 19.3 Å². The summed E-state index contributed by atoms with van der Waals surface area (Å²) in [6.07, 6.45) is 70.8. The fourth-order valence-electron chi connectivity index (χ4n) is 8.37. The molecule has 68 heavy (non-hydrogen) atoms. The van der Waals surface area contributed by atoms with Crippen LogP contribution in [0.2, 0.25) is 0 Å². The number of allylic oxidation sites excluding steroid dienone is 10. The molecule has 0 fully saturated rings. The summed E-state index contributed by atoms with van der Waals surface area (Å²) < 4.78 is 16.8. The highest BCUT2D eigenvalue weighted by atomic mass is 16.6. The van der Waals surface area contributed by atoms with Crippen LogP contribution in [0.3, 0.4) is 0 Å². The first-order chi connectivity index (χ1) is 33.5. The molecule has 0 N–H and O–H groups in total. The summed E-state index contributed by atoms with van der Waals surface area (Å²) in [5, 5.41) is 0. The standard InChI is InChI=1S/C62H110O6/c1-4-7-10-13-16-19-21-23-25-27-29-30-31-32-33-35-36-38-40-43-46-49-52-55-61(64)67-58-59(57-66-60(63)54-51-48-45-42-18-15-12-9-6-3)68-62(65)56-53-50-47-44-41-39-37-34-28-26-24-22-20-17-14-11-8-5-2/h7,10,16,19,23,25-26,28-30,59H,4-6,8-9,11-15,17-18,20-22,24,27,31-58H2,1-3H3/b10-7-,19-16-,25-23-,28-26-,30-29-. The fourth-order valence-corrected chi connectivity index (χ4v) is 8.37. The van der Waals surface area contributed by atoms with E-state index in [0.717, 1.165) is 83.5 Å². The Morgan fingerprint density at radius 1 is 0.309 bits per heavy atom. The Balaban J connectivity index is 4.25. The molecule has 394 valence electrons. The van der Waals surface area contributed by atoms with Crippen molar-refractivity contribution in [2.24, 2.45) is 0 Å². The molecule has 0 spiro atoms. The van der Waals surface area contributed by atoms with Gasteiger partial charge in [0.15, 0.2) is 6.10 Å². The van der Waals surface area contributed by atoms with Gasteiger partial charge in [-0.2, -0.15) is 0 Å². The van der Waals surface area contributed by atoms with E-state index in [1.165, 1.54) is 173 Å². The normalized spacial score (nSPS) is 12.5. The maximum absolute atomic E-state index is 12.8. The summed E-state index contributed by atoms with van der Waals surface area (Å²) >= 11 is 0. The molecule has 1 atom stereocenters. The molecular formula is C62H110O6. The van der Waals surface area contributed by atoms with Gasteiger partial charge in [0.05, 0.1) is 0 Å². The van der Waals surface area contributed by atoms with Crippen molar-refractivity contribution >= 4 is 17.9 Å². The maximum atomic E-state index is 12.8. The highest BCUT2D eigenvalue weighted by Crippen LogP contribution is 2.16. The second-order valence-electron chi connectivity index (χ2n) is 19.5. The van der Waals surface area contributed by atoms with Crippen molar-refractivity contribution in [3.63, 3.8) is 0 Å². The van der Waals surface area contributed by atoms with Crippen molar-refractivity contribution in [2.75, 3.05) is 13.2 Å². The average Bonchev–Trinajstić information content (AvgIpc) is 3.34. The van der Waals surface area contributed by atoms with Crippen LogP contribution in [0.4, 0.5) is 0 Å². The first-order valence-electron chi connectivity index (χ1n) is 29.3. The average molecular weight is 952 g/mol. The van der Waals surface area contributed by atoms with E-state index < -0.39 is 6.10 Å². The smallest absolute Gasteiger partial charge is 0.306 e. The van der Waals surface area contributed by atoms with Gasteiger partial charge in [-0.1, -0.05) is 255 Å². The molecule has 0 saturated carbocycles. The van der Waals surface area contributed by atoms with Crippen LogP contribution in [0.1, 0.15) is 297 Å². The molecule has 0 aliphatic carbocycles. The number of ether oxygens (including phenoxy) is 3. The minimum absolute atomic E-state index is 0.0745. The molecule has 0 aliphatic heterocycles. The molecule has 0 amide bonds. The zero-order valence-corrected chi connectivity index (χ0v) is 45.1. The van der Waals surface area contributed by atoms with E-state index in [0.29, 0.717) is 19.3 Å². The number of unbranched alkanes of at least 4 members (excludes halogenated alkanes) is 32. The largest absolute Gasteiger partial charge is 0.462 e. The number of rotatable bonds is 53. The van der Waals surface area contributed by atoms with E-state index in [1.807, 2.05) is 0 Å². The molecule has 0 aromatic heterocycles. The Morgan fingerprint density at radius 3 is 0.912 bits per heavy atom. The minimum atomic E-state index is -0.775. The SMILES string of the molecule is CC/C=C\C/C=C\C/C=C\C/C=C\CCCCCCCCCCCCC(=O)OCC(COC(=O)CCCCCCCCCCC)OC(=O)CCCCCCCCC/C=C\CCCCCCCCC. The maximum Gasteiger partial charge on any atom is 0.306 e. The molecule has 0 saturated heterocycles. The Labute approximate surface area is 421 Å². The molecule has 1 unspecified atom stereocenters. The Hall–Kier alpha value is -2.89. The zero-order chi connectivity index (χ0) is 49.3. The van der Waals surface area contributed by atoms with Gasteiger partial charge in [-0.25, -0.2) is 0 Å². The van der Waals surface area contributed by atoms with Crippen LogP contribution < -0.4 is 0 Å². The van der Waals surface area contributed by atoms with Crippen molar-refractivity contribution in [3.8, 4) is 0 Å². The Bertz CT molecular complexity index is 1230. The third-order valence-electron chi connectivity index (χ3n) is 12.8. The lowest BCUT2D eigenvalue weighted by Gasteiger charge is -2.18. The Kier molecular flexibility index (Phi) is 54.3. The third kappa shape index (κ3) is 54.1. The molecule has 0 bridgehead atoms. The van der Waals surface area contributed by atoms with E-state index in [2.05, 4.69) is 81.5 Å². The van der Waals surface area contributed by atoms with E-state index in [-0.39, 0.29) is 31.1 Å². The number of esters is 3. The molecule has 6 nitrogen and oxygen atoms in total. The molecular weight excluding hydrogens is 841 g/mol. The van der Waals surface area contributed by atoms with Gasteiger partial charge < -0.3 is 14.2 Å². The van der Waals surface area contributed by atoms with Crippen LogP contribution >= 0.6 is 0 Å². The molecule has 0 aliphatic rings. The fraction of sp³-hybridized carbons (Fsp3) is 0.790. The zero-order valence-electron chi connectivity index (χ0n) is 45.1. The number of carbonyl (C=O) groups is 3. The number of carbonyl (C=O) groups excluding carboxylic acids is 3. The van der Waals surface area contributed by atoms with Crippen LogP contribution in [0, 0.1) is 0 Å². The quantitative estimate of drug-likeness (QED) is 0.0262. The molecule has 0 rings (SSSR count). The lowest BCUT2D eigenvalue weighted by atomic mass is 10.1. The summed E-state index contributed by atoms with van der Waals surface area (Å²) in [6.45, 7) is 6.53. The van der Waals surface area contributed by atoms with Crippen LogP contribution in [0.15, 0.2) is 60.8 Å². The highest BCUT2D eigenvalue weighted by Gasteiger charge is 2.19. The second kappa shape index (κ2) is 56.7. The molecule has 0 heterocycles. The van der Waals surface area contributed by atoms with Gasteiger partial charge in [-0.05, 0) is 83.5 Å². The minimum Gasteiger partial charge on any atom is -0.462 e. The van der Waals surface area contributed by atoms with Crippen molar-refractivity contribution in [2.45, 2.75) is 303 Å². The van der Waals surface area contributed by atoms with E-state index in [1.54, 1.807) is 0 Å². The topological polar surface area (TPSA) is 78.9 Å². The van der Waals surface area contributed by atoms with Crippen LogP contribution in [-0.2, 0) is 28.6 Å². The van der Waals surface area contributed by atoms with Gasteiger partial charge in [-0.15, -0.1) is 0 Å². The third-order valence-corrected chi connectivity index (χ3v) is 12.8. The van der Waals surface area contributed by atoms with Gasteiger partial charge in [0.25, 0.3) is 0 Å². The van der Waals surface area contributed by atoms with Gasteiger partial charge >= 0.3 is 17.9 Å². The van der Waals surface area contributed by atoms with Gasteiger partial charge in [0.1, 0.15) is 13.2 Å². The predicted molar refractivity (Wildman–Crippen MR) is 293 cm³/mol. The monoisotopic (exact) mass is 951 g/mol. The number of hydrogen-bond donors (Lipinski definition) is 0. The Morgan fingerprint density at radius 2 is 0.574 bits per heavy atom. The lowest BCUT2D eigenvalue weighted by molar-refractivity contribution is -0.167. The van der Waals surface area contributed by atoms with Crippen molar-refractivity contribution < 1.29 is 28.6 Å². The second-order valence-corrected chi connectivity index (χ2v) is 19.5. The first-order valence-corrected chi connectivity index (χ1v) is 29.3. The van der Waals surface area contributed by atoms with Crippen LogP contribution in [-0.4, -0.2) is 37.2 Å². The van der Waals surface area contributed by atoms with E-state index >= 15 is 0 Å². The summed E-state index contributed by atoms with van der Waals surface area (Å²) in [5.74, 6) is -0.874. The molecule has 6 heteroatoms. The number of hydrogen-bond acceptors (Lipinski definition) is 6. The van der Waals surface area contributed by atoms with Crippen molar-refractivity contribution in [1.82, 2.24) is 0 Å². The summed E-state index contributed by atoms with van der Waals surface area (Å²) in [7, 11) is 0. The highest BCUT2D eigenvalue weighted by molar-refractivity contribution is 5.71. The van der Waals surface area contributed by atoms with E-state index in [4.69, 9.17) is 14.2 Å². The summed E-state index contributed by atoms with van der Waals surface area (Å²) in [5.41, 5.74) is 0. The van der Waals surface area contributed by atoms with Gasteiger partial charge in [0.2, 0.25) is 0 Å². The lowest BCUT2D eigenvalue weighted by Crippen LogP contribution is -2.30. The van der Waals surface area contributed by atoms with Crippen LogP contribution in [0.25, 0.3) is 0 Å².